The van der Waals surface area contributed by atoms with Gasteiger partial charge in [0.1, 0.15) is 12.4 Å². The topological polar surface area (TPSA) is 23.6 Å². The van der Waals surface area contributed by atoms with Crippen molar-refractivity contribution in [2.75, 3.05) is 11.4 Å². The number of nitrogens with zero attached hydrogens (tertiary/aromatic N) is 2. The lowest BCUT2D eigenvalue weighted by molar-refractivity contribution is -0.116. The van der Waals surface area contributed by atoms with Gasteiger partial charge in [-0.3, -0.25) is 9.69 Å². The molecule has 0 bridgehead atoms. The van der Waals surface area contributed by atoms with Gasteiger partial charge in [0.05, 0.1) is 5.69 Å². The summed E-state index contributed by atoms with van der Waals surface area (Å²) in [4.78, 5) is 15.2. The molecule has 1 heterocycles. The third kappa shape index (κ3) is 2.82. The molecule has 22 heavy (non-hydrogen) atoms. The maximum Gasteiger partial charge on any atom is 0.253 e. The summed E-state index contributed by atoms with van der Waals surface area (Å²) in [6.07, 6.45) is 0. The zero-order valence-corrected chi connectivity index (χ0v) is 13.1. The quantitative estimate of drug-likeness (QED) is 0.801. The van der Waals surface area contributed by atoms with E-state index in [1.165, 1.54) is 23.1 Å². The number of hydrogen-bond acceptors (Lipinski definition) is 2. The van der Waals surface area contributed by atoms with E-state index in [4.69, 9.17) is 23.8 Å². The highest BCUT2D eigenvalue weighted by molar-refractivity contribution is 7.80. The van der Waals surface area contributed by atoms with Crippen molar-refractivity contribution in [1.29, 1.82) is 0 Å². The third-order valence-corrected chi connectivity index (χ3v) is 4.08. The van der Waals surface area contributed by atoms with Crippen LogP contribution in [-0.2, 0) is 11.3 Å². The Kier molecular flexibility index (Phi) is 4.09. The highest BCUT2D eigenvalue weighted by Gasteiger charge is 2.35. The molecule has 3 rings (SSSR count). The van der Waals surface area contributed by atoms with E-state index in [1.54, 1.807) is 4.90 Å². The second-order valence-corrected chi connectivity index (χ2v) is 5.75. The second-order valence-electron chi connectivity index (χ2n) is 4.95. The number of carbonyl (C=O) groups is 1. The average Bonchev–Trinajstić information content (AvgIpc) is 2.77. The summed E-state index contributed by atoms with van der Waals surface area (Å²) in [7, 11) is 0. The van der Waals surface area contributed by atoms with Gasteiger partial charge in [0.2, 0.25) is 0 Å². The molecule has 1 fully saturated rings. The number of halogens is 2. The van der Waals surface area contributed by atoms with Crippen LogP contribution in [0.25, 0.3) is 0 Å². The van der Waals surface area contributed by atoms with Crippen LogP contribution in [0.15, 0.2) is 48.5 Å². The van der Waals surface area contributed by atoms with E-state index in [-0.39, 0.29) is 23.3 Å². The molecular formula is C16H12ClFN2OS. The summed E-state index contributed by atoms with van der Waals surface area (Å²) in [5, 5.41) is 0.642. The normalized spacial score (nSPS) is 14.8. The molecular weight excluding hydrogens is 323 g/mol. The monoisotopic (exact) mass is 334 g/mol. The molecule has 2 aromatic carbocycles. The standard InChI is InChI=1S/C16H12ClFN2OS/c17-12-6-7-13(18)14(8-12)20-15(21)10-19(16(20)22)9-11-4-2-1-3-5-11/h1-8H,9-10H2. The molecule has 0 aromatic heterocycles. The predicted octanol–water partition coefficient (Wildman–Crippen LogP) is 3.61. The smallest absolute Gasteiger partial charge is 0.253 e. The summed E-state index contributed by atoms with van der Waals surface area (Å²) in [6.45, 7) is 0.629. The van der Waals surface area contributed by atoms with Gasteiger partial charge in [0.25, 0.3) is 5.91 Å². The Balaban J connectivity index is 1.87. The highest BCUT2D eigenvalue weighted by Crippen LogP contribution is 2.28. The van der Waals surface area contributed by atoms with Crippen LogP contribution in [0.3, 0.4) is 0 Å². The molecule has 1 saturated heterocycles. The summed E-state index contributed by atoms with van der Waals surface area (Å²) < 4.78 is 14.0. The van der Waals surface area contributed by atoms with Crippen LogP contribution in [-0.4, -0.2) is 22.5 Å². The molecule has 1 amide bonds. The van der Waals surface area contributed by atoms with Gasteiger partial charge >= 0.3 is 0 Å². The van der Waals surface area contributed by atoms with Gasteiger partial charge in [0.15, 0.2) is 5.11 Å². The van der Waals surface area contributed by atoms with Gasteiger partial charge in [-0.15, -0.1) is 0 Å². The minimum Gasteiger partial charge on any atom is -0.335 e. The Bertz CT molecular complexity index is 738. The SMILES string of the molecule is O=C1CN(Cc2ccccc2)C(=S)N1c1cc(Cl)ccc1F. The number of anilines is 1. The highest BCUT2D eigenvalue weighted by atomic mass is 35.5. The van der Waals surface area contributed by atoms with Crippen LogP contribution in [0.2, 0.25) is 5.02 Å². The van der Waals surface area contributed by atoms with E-state index in [0.717, 1.165) is 5.56 Å². The Morgan fingerprint density at radius 2 is 1.91 bits per heavy atom. The van der Waals surface area contributed by atoms with Gasteiger partial charge < -0.3 is 4.90 Å². The zero-order chi connectivity index (χ0) is 15.7. The first-order valence-electron chi connectivity index (χ1n) is 6.67. The van der Waals surface area contributed by atoms with Crippen molar-refractivity contribution in [2.45, 2.75) is 6.54 Å². The Labute approximate surface area is 137 Å². The summed E-state index contributed by atoms with van der Waals surface area (Å²) in [6, 6.07) is 13.7. The van der Waals surface area contributed by atoms with Gasteiger partial charge in [-0.2, -0.15) is 0 Å². The largest absolute Gasteiger partial charge is 0.335 e. The van der Waals surface area contributed by atoms with Crippen molar-refractivity contribution in [3.8, 4) is 0 Å². The average molecular weight is 335 g/mol. The van der Waals surface area contributed by atoms with Gasteiger partial charge in [-0.1, -0.05) is 41.9 Å². The second kappa shape index (κ2) is 6.02. The fourth-order valence-corrected chi connectivity index (χ4v) is 2.87. The summed E-state index contributed by atoms with van der Waals surface area (Å²) in [5.41, 5.74) is 1.13. The van der Waals surface area contributed by atoms with Crippen LogP contribution in [0.5, 0.6) is 0 Å². The molecule has 3 nitrogen and oxygen atoms in total. The molecule has 0 aliphatic carbocycles. The zero-order valence-electron chi connectivity index (χ0n) is 11.5. The van der Waals surface area contributed by atoms with E-state index in [1.807, 2.05) is 30.3 Å². The number of carbonyl (C=O) groups excluding carboxylic acids is 1. The van der Waals surface area contributed by atoms with Gasteiger partial charge in [0, 0.05) is 11.6 Å². The number of benzene rings is 2. The molecule has 1 aliphatic rings. The lowest BCUT2D eigenvalue weighted by Gasteiger charge is -2.20. The first-order valence-corrected chi connectivity index (χ1v) is 7.46. The molecule has 0 radical (unpaired) electrons. The molecule has 0 saturated carbocycles. The fraction of sp³-hybridized carbons (Fsp3) is 0.125. The summed E-state index contributed by atoms with van der Waals surface area (Å²) in [5.74, 6) is -0.788. The Morgan fingerprint density at radius 3 is 2.64 bits per heavy atom. The van der Waals surface area contributed by atoms with Crippen LogP contribution in [0, 0.1) is 5.82 Å². The van der Waals surface area contributed by atoms with Crippen molar-refractivity contribution in [2.24, 2.45) is 0 Å². The van der Waals surface area contributed by atoms with Crippen LogP contribution >= 0.6 is 23.8 Å². The van der Waals surface area contributed by atoms with Crippen molar-refractivity contribution >= 4 is 40.5 Å². The molecule has 0 N–H and O–H groups in total. The van der Waals surface area contributed by atoms with Gasteiger partial charge in [-0.25, -0.2) is 4.39 Å². The Morgan fingerprint density at radius 1 is 1.18 bits per heavy atom. The maximum absolute atomic E-state index is 14.0. The fourth-order valence-electron chi connectivity index (χ4n) is 2.37. The predicted molar refractivity (Wildman–Crippen MR) is 88.3 cm³/mol. The molecule has 6 heteroatoms. The molecule has 1 aliphatic heterocycles. The third-order valence-electron chi connectivity index (χ3n) is 3.40. The lowest BCUT2D eigenvalue weighted by Crippen LogP contribution is -2.33. The van der Waals surface area contributed by atoms with E-state index in [2.05, 4.69) is 0 Å². The van der Waals surface area contributed by atoms with E-state index in [0.29, 0.717) is 11.6 Å². The molecule has 0 atom stereocenters. The molecule has 0 spiro atoms. The summed E-state index contributed by atoms with van der Waals surface area (Å²) >= 11 is 11.2. The van der Waals surface area contributed by atoms with Crippen molar-refractivity contribution in [3.63, 3.8) is 0 Å². The number of hydrogen-bond donors (Lipinski definition) is 0. The number of rotatable bonds is 3. The Hall–Kier alpha value is -1.98. The minimum atomic E-state index is -0.526. The first kappa shape index (κ1) is 14.9. The van der Waals surface area contributed by atoms with Crippen LogP contribution in [0.4, 0.5) is 10.1 Å². The molecule has 2 aromatic rings. The van der Waals surface area contributed by atoms with E-state index >= 15 is 0 Å². The van der Waals surface area contributed by atoms with E-state index in [9.17, 15) is 9.18 Å². The number of amides is 1. The van der Waals surface area contributed by atoms with Crippen LogP contribution < -0.4 is 4.90 Å². The first-order chi connectivity index (χ1) is 10.6. The van der Waals surface area contributed by atoms with Crippen molar-refractivity contribution < 1.29 is 9.18 Å². The number of thiocarbonyl (C=S) groups is 1. The van der Waals surface area contributed by atoms with Crippen LogP contribution in [0.1, 0.15) is 5.56 Å². The maximum atomic E-state index is 14.0. The van der Waals surface area contributed by atoms with Gasteiger partial charge in [-0.05, 0) is 36.0 Å². The molecule has 112 valence electrons. The minimum absolute atomic E-state index is 0.0954. The molecule has 0 unspecified atom stereocenters. The lowest BCUT2D eigenvalue weighted by atomic mass is 10.2. The van der Waals surface area contributed by atoms with Crippen molar-refractivity contribution in [1.82, 2.24) is 4.90 Å². The van der Waals surface area contributed by atoms with Crippen molar-refractivity contribution in [3.05, 3.63) is 64.9 Å². The van der Waals surface area contributed by atoms with E-state index < -0.39 is 5.82 Å².